The van der Waals surface area contributed by atoms with Crippen molar-refractivity contribution >= 4 is 39.4 Å². The molecular weight excluding hydrogens is 350 g/mol. The van der Waals surface area contributed by atoms with Crippen LogP contribution < -0.4 is 4.74 Å². The quantitative estimate of drug-likeness (QED) is 0.543. The summed E-state index contributed by atoms with van der Waals surface area (Å²) in [5.74, 6) is 3.14. The Morgan fingerprint density at radius 2 is 2.14 bits per heavy atom. The van der Waals surface area contributed by atoms with E-state index < -0.39 is 0 Å². The predicted octanol–water partition coefficient (Wildman–Crippen LogP) is 5.17. The summed E-state index contributed by atoms with van der Waals surface area (Å²) in [5, 5.41) is 0.712. The van der Waals surface area contributed by atoms with Crippen LogP contribution in [0, 0.1) is 19.3 Å². The minimum Gasteiger partial charge on any atom is -0.480 e. The number of terminal acetylenes is 1. The first-order valence-electron chi connectivity index (χ1n) is 6.26. The van der Waals surface area contributed by atoms with Crippen molar-refractivity contribution in [2.45, 2.75) is 6.92 Å². The molecule has 106 valence electrons. The Labute approximate surface area is 137 Å². The molecule has 2 aromatic carbocycles. The highest BCUT2D eigenvalue weighted by molar-refractivity contribution is 9.10. The fraction of sp³-hybridized carbons (Fsp3) is 0.118. The van der Waals surface area contributed by atoms with Crippen molar-refractivity contribution in [3.63, 3.8) is 0 Å². The number of ether oxygens (including phenoxy) is 1. The molecule has 0 saturated carbocycles. The van der Waals surface area contributed by atoms with Gasteiger partial charge < -0.3 is 4.74 Å². The number of nitrogens with zero attached hydrogens (tertiary/aromatic N) is 1. The van der Waals surface area contributed by atoms with E-state index in [1.165, 1.54) is 0 Å². The maximum atomic E-state index is 6.08. The van der Waals surface area contributed by atoms with Gasteiger partial charge in [-0.1, -0.05) is 23.6 Å². The van der Waals surface area contributed by atoms with Crippen molar-refractivity contribution in [3.8, 4) is 18.1 Å². The van der Waals surface area contributed by atoms with Crippen molar-refractivity contribution in [2.75, 3.05) is 6.61 Å². The molecule has 0 saturated heterocycles. The lowest BCUT2D eigenvalue weighted by Crippen LogP contribution is -1.94. The minimum absolute atomic E-state index is 0.244. The molecule has 0 radical (unpaired) electrons. The lowest BCUT2D eigenvalue weighted by Gasteiger charge is -2.05. The number of aliphatic imine (C=N–C) groups is 1. The van der Waals surface area contributed by atoms with Crippen LogP contribution in [-0.2, 0) is 0 Å². The molecule has 0 bridgehead atoms. The van der Waals surface area contributed by atoms with Crippen molar-refractivity contribution in [1.82, 2.24) is 0 Å². The van der Waals surface area contributed by atoms with E-state index in [0.717, 1.165) is 21.3 Å². The molecule has 0 spiro atoms. The zero-order valence-corrected chi connectivity index (χ0v) is 13.8. The lowest BCUT2D eigenvalue weighted by molar-refractivity contribution is 0.368. The Morgan fingerprint density at radius 1 is 1.33 bits per heavy atom. The monoisotopic (exact) mass is 361 g/mol. The smallest absolute Gasteiger partial charge is 0.148 e. The molecule has 0 unspecified atom stereocenters. The first kappa shape index (κ1) is 15.6. The Kier molecular flexibility index (Phi) is 5.44. The van der Waals surface area contributed by atoms with Crippen LogP contribution in [0.5, 0.6) is 5.75 Å². The van der Waals surface area contributed by atoms with Crippen LogP contribution >= 0.6 is 27.5 Å². The molecular formula is C17H13BrClNO. The summed E-state index contributed by atoms with van der Waals surface area (Å²) < 4.78 is 6.22. The van der Waals surface area contributed by atoms with Gasteiger partial charge in [0.15, 0.2) is 0 Å². The summed E-state index contributed by atoms with van der Waals surface area (Å²) in [6.45, 7) is 2.20. The number of halogens is 2. The molecule has 0 fully saturated rings. The molecule has 2 rings (SSSR count). The van der Waals surface area contributed by atoms with Crippen LogP contribution in [0.3, 0.4) is 0 Å². The second-order valence-corrected chi connectivity index (χ2v) is 5.64. The van der Waals surface area contributed by atoms with Crippen LogP contribution in [0.4, 0.5) is 5.69 Å². The highest BCUT2D eigenvalue weighted by atomic mass is 79.9. The average molecular weight is 363 g/mol. The first-order chi connectivity index (χ1) is 10.1. The van der Waals surface area contributed by atoms with Crippen molar-refractivity contribution in [2.24, 2.45) is 4.99 Å². The van der Waals surface area contributed by atoms with Gasteiger partial charge in [0.1, 0.15) is 12.4 Å². The minimum atomic E-state index is 0.244. The van der Waals surface area contributed by atoms with E-state index in [4.69, 9.17) is 22.8 Å². The van der Waals surface area contributed by atoms with Crippen LogP contribution in [0.25, 0.3) is 0 Å². The summed E-state index contributed by atoms with van der Waals surface area (Å²) >= 11 is 9.52. The van der Waals surface area contributed by atoms with E-state index in [2.05, 4.69) is 26.8 Å². The zero-order valence-electron chi connectivity index (χ0n) is 11.4. The van der Waals surface area contributed by atoms with Crippen molar-refractivity contribution in [3.05, 3.63) is 57.0 Å². The highest BCUT2D eigenvalue weighted by Crippen LogP contribution is 2.26. The van der Waals surface area contributed by atoms with Gasteiger partial charge in [-0.3, -0.25) is 4.99 Å². The van der Waals surface area contributed by atoms with E-state index >= 15 is 0 Å². The summed E-state index contributed by atoms with van der Waals surface area (Å²) in [7, 11) is 0. The predicted molar refractivity (Wildman–Crippen MR) is 91.9 cm³/mol. The highest BCUT2D eigenvalue weighted by Gasteiger charge is 2.01. The molecule has 0 atom stereocenters. The fourth-order valence-corrected chi connectivity index (χ4v) is 2.33. The molecule has 0 heterocycles. The van der Waals surface area contributed by atoms with Crippen LogP contribution in [-0.4, -0.2) is 12.8 Å². The molecule has 0 aliphatic heterocycles. The summed E-state index contributed by atoms with van der Waals surface area (Å²) in [6, 6.07) is 11.4. The fourth-order valence-electron chi connectivity index (χ4n) is 1.65. The largest absolute Gasteiger partial charge is 0.480 e. The Hall–Kier alpha value is -1.76. The Bertz CT molecular complexity index is 719. The second-order valence-electron chi connectivity index (χ2n) is 4.37. The summed E-state index contributed by atoms with van der Waals surface area (Å²) in [6.07, 6.45) is 6.94. The van der Waals surface area contributed by atoms with Gasteiger partial charge in [0, 0.05) is 11.2 Å². The molecule has 21 heavy (non-hydrogen) atoms. The molecule has 0 aromatic heterocycles. The number of aryl methyl sites for hydroxylation is 1. The van der Waals surface area contributed by atoms with Crippen LogP contribution in [0.2, 0.25) is 5.02 Å². The van der Waals surface area contributed by atoms with E-state index in [9.17, 15) is 0 Å². The van der Waals surface area contributed by atoms with E-state index in [0.29, 0.717) is 10.8 Å². The molecule has 0 aliphatic carbocycles. The van der Waals surface area contributed by atoms with E-state index in [-0.39, 0.29) is 6.61 Å². The number of hydrogen-bond acceptors (Lipinski definition) is 2. The molecule has 2 nitrogen and oxygen atoms in total. The van der Waals surface area contributed by atoms with Gasteiger partial charge in [-0.15, -0.1) is 6.42 Å². The summed E-state index contributed by atoms with van der Waals surface area (Å²) in [5.41, 5.74) is 2.80. The Balaban J connectivity index is 2.15. The molecule has 0 N–H and O–H groups in total. The number of hydrogen-bond donors (Lipinski definition) is 0. The van der Waals surface area contributed by atoms with Crippen LogP contribution in [0.15, 0.2) is 45.9 Å². The molecule has 2 aromatic rings. The topological polar surface area (TPSA) is 21.6 Å². The maximum absolute atomic E-state index is 6.08. The van der Waals surface area contributed by atoms with Gasteiger partial charge >= 0.3 is 0 Å². The zero-order chi connectivity index (χ0) is 15.2. The second kappa shape index (κ2) is 7.31. The lowest BCUT2D eigenvalue weighted by atomic mass is 10.2. The number of rotatable bonds is 4. The first-order valence-corrected chi connectivity index (χ1v) is 7.43. The molecule has 4 heteroatoms. The van der Waals surface area contributed by atoms with Crippen molar-refractivity contribution in [1.29, 1.82) is 0 Å². The van der Waals surface area contributed by atoms with Gasteiger partial charge in [0.25, 0.3) is 0 Å². The maximum Gasteiger partial charge on any atom is 0.148 e. The van der Waals surface area contributed by atoms with Crippen molar-refractivity contribution < 1.29 is 4.74 Å². The van der Waals surface area contributed by atoms with E-state index in [1.807, 2.05) is 43.3 Å². The normalized spacial score (nSPS) is 10.6. The van der Waals surface area contributed by atoms with Gasteiger partial charge in [0.05, 0.1) is 10.2 Å². The SMILES string of the molecule is C#CCOc1ccc(C=Nc2ccc(C)c(Cl)c2)cc1Br. The van der Waals surface area contributed by atoms with Gasteiger partial charge in [-0.2, -0.15) is 0 Å². The van der Waals surface area contributed by atoms with Gasteiger partial charge in [-0.05, 0) is 64.3 Å². The molecule has 0 amide bonds. The third kappa shape index (κ3) is 4.35. The standard InChI is InChI=1S/C17H13BrClNO/c1-3-8-21-17-7-5-13(9-15(17)18)11-20-14-6-4-12(2)16(19)10-14/h1,4-7,9-11H,8H2,2H3. The van der Waals surface area contributed by atoms with Gasteiger partial charge in [-0.25, -0.2) is 0 Å². The third-order valence-electron chi connectivity index (χ3n) is 2.79. The average Bonchev–Trinajstić information content (AvgIpc) is 2.47. The Morgan fingerprint density at radius 3 is 2.81 bits per heavy atom. The van der Waals surface area contributed by atoms with E-state index in [1.54, 1.807) is 6.21 Å². The molecule has 0 aliphatic rings. The van der Waals surface area contributed by atoms with Gasteiger partial charge in [0.2, 0.25) is 0 Å². The summed E-state index contributed by atoms with van der Waals surface area (Å²) in [4.78, 5) is 4.41. The third-order valence-corrected chi connectivity index (χ3v) is 3.81. The van der Waals surface area contributed by atoms with Crippen LogP contribution in [0.1, 0.15) is 11.1 Å². The number of benzene rings is 2.